The van der Waals surface area contributed by atoms with E-state index in [0.29, 0.717) is 36.8 Å². The first-order valence-corrected chi connectivity index (χ1v) is 11.5. The third kappa shape index (κ3) is 4.66. The topological polar surface area (TPSA) is 65.7 Å². The number of benzene rings is 1. The summed E-state index contributed by atoms with van der Waals surface area (Å²) in [5.74, 6) is -1.09. The minimum atomic E-state index is -4.60. The average molecular weight is 478 g/mol. The van der Waals surface area contributed by atoms with Gasteiger partial charge in [-0.05, 0) is 12.1 Å². The predicted molar refractivity (Wildman–Crippen MR) is 116 cm³/mol. The van der Waals surface area contributed by atoms with Gasteiger partial charge >= 0.3 is 6.18 Å². The van der Waals surface area contributed by atoms with E-state index in [1.54, 1.807) is 41.9 Å². The summed E-state index contributed by atoms with van der Waals surface area (Å²) in [6.45, 7) is 4.13. The first-order valence-electron chi connectivity index (χ1n) is 10.7. The van der Waals surface area contributed by atoms with Crippen LogP contribution in [0, 0.1) is 0 Å². The van der Waals surface area contributed by atoms with Gasteiger partial charge in [-0.15, -0.1) is 11.3 Å². The number of piperazine rings is 1. The molecule has 0 N–H and O–H groups in total. The standard InChI is InChI=1S/C22H22F3N5O2S/c23-22(24,25)18-17(27-19(32-18)15-4-2-1-3-5-15)14-28-12-16(13-28)29-7-9-30(10-8-29)21(31)20-26-6-11-33-20/h1-6,11,16H,7-10,12-14H2. The second kappa shape index (κ2) is 8.88. The average Bonchev–Trinajstić information content (AvgIpc) is 3.46. The maximum absolute atomic E-state index is 13.5. The van der Waals surface area contributed by atoms with Gasteiger partial charge in [0, 0.05) is 69.0 Å². The van der Waals surface area contributed by atoms with Gasteiger partial charge in [0.15, 0.2) is 5.01 Å². The minimum Gasteiger partial charge on any atom is -0.431 e. The molecule has 2 aliphatic heterocycles. The summed E-state index contributed by atoms with van der Waals surface area (Å²) in [6, 6.07) is 8.86. The molecule has 0 bridgehead atoms. The molecule has 0 spiro atoms. The van der Waals surface area contributed by atoms with Crippen molar-refractivity contribution in [3.63, 3.8) is 0 Å². The number of rotatable bonds is 5. The summed E-state index contributed by atoms with van der Waals surface area (Å²) < 4.78 is 45.7. The van der Waals surface area contributed by atoms with E-state index in [-0.39, 0.29) is 30.1 Å². The number of alkyl halides is 3. The Morgan fingerprint density at radius 2 is 1.85 bits per heavy atom. The fraction of sp³-hybridized carbons (Fsp3) is 0.409. The quantitative estimate of drug-likeness (QED) is 0.561. The van der Waals surface area contributed by atoms with Crippen molar-refractivity contribution in [3.8, 4) is 11.5 Å². The number of halogens is 3. The molecule has 0 radical (unpaired) electrons. The lowest BCUT2D eigenvalue weighted by Gasteiger charge is -2.48. The first-order chi connectivity index (χ1) is 15.9. The van der Waals surface area contributed by atoms with Crippen LogP contribution in [0.3, 0.4) is 0 Å². The van der Waals surface area contributed by atoms with Gasteiger partial charge in [-0.25, -0.2) is 9.97 Å². The maximum atomic E-state index is 13.5. The number of nitrogens with zero attached hydrogens (tertiary/aromatic N) is 5. The fourth-order valence-electron chi connectivity index (χ4n) is 4.25. The number of oxazole rings is 1. The number of amides is 1. The number of carbonyl (C=O) groups is 1. The van der Waals surface area contributed by atoms with Gasteiger partial charge in [0.2, 0.25) is 11.7 Å². The van der Waals surface area contributed by atoms with E-state index in [4.69, 9.17) is 4.42 Å². The Labute approximate surface area is 192 Å². The summed E-state index contributed by atoms with van der Waals surface area (Å²) in [5, 5.41) is 2.29. The van der Waals surface area contributed by atoms with Gasteiger partial charge in [0.1, 0.15) is 5.69 Å². The second-order valence-electron chi connectivity index (χ2n) is 8.17. The third-order valence-electron chi connectivity index (χ3n) is 6.02. The van der Waals surface area contributed by atoms with Crippen molar-refractivity contribution < 1.29 is 22.4 Å². The van der Waals surface area contributed by atoms with Crippen LogP contribution < -0.4 is 0 Å². The Balaban J connectivity index is 1.17. The zero-order chi connectivity index (χ0) is 23.0. The van der Waals surface area contributed by atoms with Crippen LogP contribution in [0.5, 0.6) is 0 Å². The molecule has 1 amide bonds. The molecule has 0 aliphatic carbocycles. The van der Waals surface area contributed by atoms with Crippen LogP contribution in [0.2, 0.25) is 0 Å². The molecule has 7 nitrogen and oxygen atoms in total. The predicted octanol–water partition coefficient (Wildman–Crippen LogP) is 3.46. The number of hydrogen-bond acceptors (Lipinski definition) is 7. The summed E-state index contributed by atoms with van der Waals surface area (Å²) >= 11 is 1.34. The second-order valence-corrected chi connectivity index (χ2v) is 9.07. The molecule has 2 aromatic heterocycles. The summed E-state index contributed by atoms with van der Waals surface area (Å²) in [5.41, 5.74) is 0.430. The third-order valence-corrected chi connectivity index (χ3v) is 6.78. The summed E-state index contributed by atoms with van der Waals surface area (Å²) in [4.78, 5) is 26.7. The van der Waals surface area contributed by atoms with Gasteiger partial charge in [0.05, 0.1) is 0 Å². The minimum absolute atomic E-state index is 0.0176. The van der Waals surface area contributed by atoms with E-state index in [1.165, 1.54) is 11.3 Å². The molecular formula is C22H22F3N5O2S. The van der Waals surface area contributed by atoms with Gasteiger partial charge in [-0.3, -0.25) is 14.6 Å². The van der Waals surface area contributed by atoms with Crippen molar-refractivity contribution >= 4 is 17.2 Å². The van der Waals surface area contributed by atoms with Gasteiger partial charge < -0.3 is 9.32 Å². The first kappa shape index (κ1) is 22.1. The molecule has 4 heterocycles. The molecule has 33 heavy (non-hydrogen) atoms. The van der Waals surface area contributed by atoms with Crippen LogP contribution in [0.15, 0.2) is 46.3 Å². The SMILES string of the molecule is O=C(c1nccs1)N1CCN(C2CN(Cc3nc(-c4ccccc4)oc3C(F)(F)F)C2)CC1. The molecule has 2 fully saturated rings. The molecule has 3 aromatic rings. The molecule has 0 unspecified atom stereocenters. The lowest BCUT2D eigenvalue weighted by Crippen LogP contribution is -2.63. The number of aromatic nitrogens is 2. The maximum Gasteiger partial charge on any atom is 0.451 e. The van der Waals surface area contributed by atoms with E-state index >= 15 is 0 Å². The fourth-order valence-corrected chi connectivity index (χ4v) is 4.86. The van der Waals surface area contributed by atoms with Crippen molar-refractivity contribution in [2.24, 2.45) is 0 Å². The van der Waals surface area contributed by atoms with Crippen LogP contribution in [-0.2, 0) is 12.7 Å². The van der Waals surface area contributed by atoms with Crippen LogP contribution >= 0.6 is 11.3 Å². The van der Waals surface area contributed by atoms with Crippen molar-refractivity contribution in [2.45, 2.75) is 18.8 Å². The van der Waals surface area contributed by atoms with Crippen molar-refractivity contribution in [3.05, 3.63) is 58.4 Å². The highest BCUT2D eigenvalue weighted by molar-refractivity contribution is 7.11. The zero-order valence-electron chi connectivity index (χ0n) is 17.7. The van der Waals surface area contributed by atoms with Crippen molar-refractivity contribution in [1.29, 1.82) is 0 Å². The molecule has 11 heteroatoms. The van der Waals surface area contributed by atoms with Crippen molar-refractivity contribution in [1.82, 2.24) is 24.7 Å². The monoisotopic (exact) mass is 477 g/mol. The smallest absolute Gasteiger partial charge is 0.431 e. The van der Waals surface area contributed by atoms with E-state index in [1.807, 2.05) is 9.80 Å². The molecule has 0 saturated carbocycles. The number of likely N-dealkylation sites (tertiary alicyclic amines) is 1. The molecule has 174 valence electrons. The number of carbonyl (C=O) groups excluding carboxylic acids is 1. The highest BCUT2D eigenvalue weighted by atomic mass is 32.1. The van der Waals surface area contributed by atoms with E-state index < -0.39 is 11.9 Å². The van der Waals surface area contributed by atoms with Crippen molar-refractivity contribution in [2.75, 3.05) is 39.3 Å². The lowest BCUT2D eigenvalue weighted by molar-refractivity contribution is -0.153. The Morgan fingerprint density at radius 3 is 2.48 bits per heavy atom. The molecule has 0 atom stereocenters. The Kier molecular flexibility index (Phi) is 5.94. The molecule has 2 saturated heterocycles. The number of thiazole rings is 1. The zero-order valence-corrected chi connectivity index (χ0v) is 18.5. The van der Waals surface area contributed by atoms with E-state index in [9.17, 15) is 18.0 Å². The van der Waals surface area contributed by atoms with Crippen LogP contribution in [0.1, 0.15) is 21.3 Å². The highest BCUT2D eigenvalue weighted by Crippen LogP contribution is 2.36. The molecule has 1 aromatic carbocycles. The molecule has 5 rings (SSSR count). The number of hydrogen-bond donors (Lipinski definition) is 0. The molecule has 2 aliphatic rings. The van der Waals surface area contributed by atoms with Crippen LogP contribution in [-0.4, -0.2) is 75.9 Å². The van der Waals surface area contributed by atoms with Gasteiger partial charge in [0.25, 0.3) is 5.91 Å². The van der Waals surface area contributed by atoms with Crippen LogP contribution in [0.4, 0.5) is 13.2 Å². The molecular weight excluding hydrogens is 455 g/mol. The summed E-state index contributed by atoms with van der Waals surface area (Å²) in [6.07, 6.45) is -2.97. The normalized spacial score (nSPS) is 18.5. The Bertz CT molecular complexity index is 1090. The van der Waals surface area contributed by atoms with E-state index in [2.05, 4.69) is 14.9 Å². The van der Waals surface area contributed by atoms with E-state index in [0.717, 1.165) is 13.1 Å². The lowest BCUT2D eigenvalue weighted by atomic mass is 10.1. The van der Waals surface area contributed by atoms with Gasteiger partial charge in [-0.2, -0.15) is 13.2 Å². The van der Waals surface area contributed by atoms with Crippen LogP contribution in [0.25, 0.3) is 11.5 Å². The highest BCUT2D eigenvalue weighted by Gasteiger charge is 2.42. The van der Waals surface area contributed by atoms with Gasteiger partial charge in [-0.1, -0.05) is 18.2 Å². The largest absolute Gasteiger partial charge is 0.451 e. The Morgan fingerprint density at radius 1 is 1.12 bits per heavy atom. The summed E-state index contributed by atoms with van der Waals surface area (Å²) in [7, 11) is 0. The Hall–Kier alpha value is -2.76.